The van der Waals surface area contributed by atoms with Gasteiger partial charge in [-0.1, -0.05) is 0 Å². The Labute approximate surface area is 141 Å². The zero-order valence-corrected chi connectivity index (χ0v) is 14.4. The summed E-state index contributed by atoms with van der Waals surface area (Å²) < 4.78 is 12.3. The summed E-state index contributed by atoms with van der Waals surface area (Å²) in [7, 11) is 0. The Morgan fingerprint density at radius 2 is 2.12 bits per heavy atom. The van der Waals surface area contributed by atoms with E-state index in [0.717, 1.165) is 24.8 Å². The first-order valence-electron chi connectivity index (χ1n) is 8.68. The van der Waals surface area contributed by atoms with Crippen LogP contribution in [-0.4, -0.2) is 48.0 Å². The van der Waals surface area contributed by atoms with Gasteiger partial charge in [0.2, 0.25) is 0 Å². The minimum Gasteiger partial charge on any atom is -0.466 e. The fourth-order valence-electron chi connectivity index (χ4n) is 3.66. The van der Waals surface area contributed by atoms with E-state index in [1.165, 1.54) is 0 Å². The summed E-state index contributed by atoms with van der Waals surface area (Å²) in [5.41, 5.74) is 2.17. The highest BCUT2D eigenvalue weighted by molar-refractivity contribution is 5.95. The van der Waals surface area contributed by atoms with Gasteiger partial charge in [0.15, 0.2) is 0 Å². The quantitative estimate of drug-likeness (QED) is 0.833. The van der Waals surface area contributed by atoms with Crippen LogP contribution in [-0.2, 0) is 33.7 Å². The summed E-state index contributed by atoms with van der Waals surface area (Å²) in [5.74, 6) is -0.399. The molecule has 0 radical (unpaired) electrons. The first-order valence-corrected chi connectivity index (χ1v) is 8.68. The minimum atomic E-state index is -0.299. The Morgan fingerprint density at radius 1 is 1.38 bits per heavy atom. The standard InChI is InChI=1S/C17H25N3O4/c1-3-20-15-12(13(19-20)9-14(21)24-4-2)10-17(11-18-16(15)22)5-7-23-8-6-17/h3-11H2,1-2H3,(H,18,22). The molecule has 132 valence electrons. The SMILES string of the molecule is CCOC(=O)Cc1nn(CC)c2c1CC1(CCOCC1)CNC2=O. The Bertz CT molecular complexity index is 632. The van der Waals surface area contributed by atoms with Gasteiger partial charge < -0.3 is 14.8 Å². The van der Waals surface area contributed by atoms with Crippen LogP contribution in [0.2, 0.25) is 0 Å². The summed E-state index contributed by atoms with van der Waals surface area (Å²) in [6.07, 6.45) is 2.67. The molecule has 0 aliphatic carbocycles. The van der Waals surface area contributed by atoms with E-state index >= 15 is 0 Å². The molecule has 3 heterocycles. The predicted octanol–water partition coefficient (Wildman–Crippen LogP) is 1.09. The lowest BCUT2D eigenvalue weighted by atomic mass is 9.75. The van der Waals surface area contributed by atoms with Crippen molar-refractivity contribution >= 4 is 11.9 Å². The van der Waals surface area contributed by atoms with Gasteiger partial charge in [0.05, 0.1) is 18.7 Å². The number of esters is 1. The summed E-state index contributed by atoms with van der Waals surface area (Å²) >= 11 is 0. The second-order valence-electron chi connectivity index (χ2n) is 6.54. The first kappa shape index (κ1) is 17.0. The van der Waals surface area contributed by atoms with Crippen LogP contribution in [0.15, 0.2) is 0 Å². The molecule has 1 aromatic rings. The number of aromatic nitrogens is 2. The third kappa shape index (κ3) is 3.17. The topological polar surface area (TPSA) is 82.4 Å². The van der Waals surface area contributed by atoms with Gasteiger partial charge in [-0.25, -0.2) is 0 Å². The van der Waals surface area contributed by atoms with Crippen LogP contribution < -0.4 is 5.32 Å². The zero-order valence-electron chi connectivity index (χ0n) is 14.4. The molecular weight excluding hydrogens is 310 g/mol. The first-order chi connectivity index (χ1) is 11.6. The lowest BCUT2D eigenvalue weighted by Gasteiger charge is -2.36. The van der Waals surface area contributed by atoms with Crippen LogP contribution in [0.1, 0.15) is 48.4 Å². The second kappa shape index (κ2) is 6.93. The molecule has 1 aromatic heterocycles. The minimum absolute atomic E-state index is 0.00975. The Balaban J connectivity index is 1.98. The molecule has 1 saturated heterocycles. The number of fused-ring (bicyclic) bond motifs is 1. The molecule has 3 rings (SSSR count). The molecule has 1 fully saturated rings. The molecule has 1 amide bonds. The zero-order chi connectivity index (χ0) is 17.2. The van der Waals surface area contributed by atoms with Crippen molar-refractivity contribution in [3.05, 3.63) is 17.0 Å². The second-order valence-corrected chi connectivity index (χ2v) is 6.54. The third-order valence-electron chi connectivity index (χ3n) is 4.99. The van der Waals surface area contributed by atoms with Gasteiger partial charge >= 0.3 is 5.97 Å². The van der Waals surface area contributed by atoms with Crippen molar-refractivity contribution in [2.45, 2.75) is 46.1 Å². The van der Waals surface area contributed by atoms with Gasteiger partial charge in [0.25, 0.3) is 5.91 Å². The number of hydrogen-bond acceptors (Lipinski definition) is 5. The number of ether oxygens (including phenoxy) is 2. The Morgan fingerprint density at radius 3 is 2.79 bits per heavy atom. The van der Waals surface area contributed by atoms with Crippen LogP contribution in [0.5, 0.6) is 0 Å². The molecule has 24 heavy (non-hydrogen) atoms. The molecule has 0 atom stereocenters. The van der Waals surface area contributed by atoms with Crippen LogP contribution in [0.3, 0.4) is 0 Å². The van der Waals surface area contributed by atoms with E-state index in [1.54, 1.807) is 11.6 Å². The fraction of sp³-hybridized carbons (Fsp3) is 0.706. The number of carbonyl (C=O) groups excluding carboxylic acids is 2. The number of amides is 1. The van der Waals surface area contributed by atoms with Crippen molar-refractivity contribution in [1.29, 1.82) is 0 Å². The van der Waals surface area contributed by atoms with Gasteiger partial charge in [-0.3, -0.25) is 14.3 Å². The lowest BCUT2D eigenvalue weighted by molar-refractivity contribution is -0.142. The number of carbonyl (C=O) groups is 2. The van der Waals surface area contributed by atoms with Crippen molar-refractivity contribution in [3.63, 3.8) is 0 Å². The lowest BCUT2D eigenvalue weighted by Crippen LogP contribution is -2.40. The summed E-state index contributed by atoms with van der Waals surface area (Å²) in [4.78, 5) is 24.6. The predicted molar refractivity (Wildman–Crippen MR) is 86.8 cm³/mol. The van der Waals surface area contributed by atoms with Crippen LogP contribution >= 0.6 is 0 Å². The van der Waals surface area contributed by atoms with Gasteiger partial charge in [0, 0.05) is 31.9 Å². The highest BCUT2D eigenvalue weighted by atomic mass is 16.5. The van der Waals surface area contributed by atoms with Crippen LogP contribution in [0, 0.1) is 5.41 Å². The number of hydrogen-bond donors (Lipinski definition) is 1. The highest BCUT2D eigenvalue weighted by Crippen LogP contribution is 2.37. The molecule has 2 aliphatic heterocycles. The highest BCUT2D eigenvalue weighted by Gasteiger charge is 2.39. The molecule has 0 unspecified atom stereocenters. The summed E-state index contributed by atoms with van der Waals surface area (Å²) in [6.45, 7) is 6.73. The maximum absolute atomic E-state index is 12.6. The van der Waals surface area contributed by atoms with Crippen molar-refractivity contribution in [2.75, 3.05) is 26.4 Å². The van der Waals surface area contributed by atoms with E-state index in [4.69, 9.17) is 9.47 Å². The van der Waals surface area contributed by atoms with E-state index in [9.17, 15) is 9.59 Å². The number of rotatable bonds is 4. The molecule has 0 aromatic carbocycles. The van der Waals surface area contributed by atoms with Gasteiger partial charge in [-0.15, -0.1) is 0 Å². The number of nitrogens with one attached hydrogen (secondary N) is 1. The summed E-state index contributed by atoms with van der Waals surface area (Å²) in [6, 6.07) is 0. The smallest absolute Gasteiger partial charge is 0.311 e. The molecule has 7 nitrogen and oxygen atoms in total. The van der Waals surface area contributed by atoms with Crippen LogP contribution in [0.25, 0.3) is 0 Å². The number of nitrogens with zero attached hydrogens (tertiary/aromatic N) is 2. The molecule has 0 bridgehead atoms. The largest absolute Gasteiger partial charge is 0.466 e. The monoisotopic (exact) mass is 335 g/mol. The van der Waals surface area contributed by atoms with E-state index in [2.05, 4.69) is 10.4 Å². The van der Waals surface area contributed by atoms with E-state index in [0.29, 0.717) is 44.3 Å². The average molecular weight is 335 g/mol. The summed E-state index contributed by atoms with van der Waals surface area (Å²) in [5, 5.41) is 7.58. The van der Waals surface area contributed by atoms with Crippen LogP contribution in [0.4, 0.5) is 0 Å². The Kier molecular flexibility index (Phi) is 4.89. The third-order valence-corrected chi connectivity index (χ3v) is 4.99. The average Bonchev–Trinajstić information content (AvgIpc) is 2.84. The van der Waals surface area contributed by atoms with Crippen molar-refractivity contribution in [3.8, 4) is 0 Å². The van der Waals surface area contributed by atoms with E-state index in [1.807, 2.05) is 6.92 Å². The Hall–Kier alpha value is -1.89. The van der Waals surface area contributed by atoms with Crippen molar-refractivity contribution in [1.82, 2.24) is 15.1 Å². The molecule has 7 heteroatoms. The van der Waals surface area contributed by atoms with Gasteiger partial charge in [-0.2, -0.15) is 5.10 Å². The normalized spacial score (nSPS) is 19.5. The molecule has 1 spiro atoms. The molecular formula is C17H25N3O4. The van der Waals surface area contributed by atoms with Gasteiger partial charge in [0.1, 0.15) is 5.69 Å². The molecule has 0 saturated carbocycles. The van der Waals surface area contributed by atoms with E-state index < -0.39 is 0 Å². The van der Waals surface area contributed by atoms with Crippen molar-refractivity contribution in [2.24, 2.45) is 5.41 Å². The maximum atomic E-state index is 12.6. The van der Waals surface area contributed by atoms with Gasteiger partial charge in [-0.05, 0) is 38.5 Å². The maximum Gasteiger partial charge on any atom is 0.311 e. The molecule has 1 N–H and O–H groups in total. The van der Waals surface area contributed by atoms with Crippen molar-refractivity contribution < 1.29 is 19.1 Å². The number of aryl methyl sites for hydroxylation is 1. The fourth-order valence-corrected chi connectivity index (χ4v) is 3.66. The van der Waals surface area contributed by atoms with E-state index in [-0.39, 0.29) is 23.7 Å². The molecule has 2 aliphatic rings.